The summed E-state index contributed by atoms with van der Waals surface area (Å²) in [6.07, 6.45) is 1.49. The van der Waals surface area contributed by atoms with Gasteiger partial charge in [-0.15, -0.1) is 0 Å². The number of nitrogens with zero attached hydrogens (tertiary/aromatic N) is 1. The van der Waals surface area contributed by atoms with E-state index >= 15 is 0 Å². The minimum atomic E-state index is 0.0770. The van der Waals surface area contributed by atoms with Crippen LogP contribution in [0.25, 0.3) is 11.3 Å². The number of methoxy groups -OCH3 is 1. The van der Waals surface area contributed by atoms with Crippen LogP contribution in [-0.4, -0.2) is 12.1 Å². The van der Waals surface area contributed by atoms with Gasteiger partial charge in [-0.2, -0.15) is 0 Å². The lowest BCUT2D eigenvalue weighted by Gasteiger charge is -2.08. The maximum atomic E-state index is 5.99. The van der Waals surface area contributed by atoms with Crippen LogP contribution in [0.4, 0.5) is 6.01 Å². The van der Waals surface area contributed by atoms with E-state index in [9.17, 15) is 0 Å². The second kappa shape index (κ2) is 4.23. The maximum Gasteiger partial charge on any atom is 0.292 e. The number of nitrogens with two attached hydrogens (primary N) is 1. The molecule has 2 N–H and O–H groups in total. The lowest BCUT2D eigenvalue weighted by Crippen LogP contribution is -1.88. The van der Waals surface area contributed by atoms with E-state index in [0.29, 0.717) is 27.1 Å². The molecule has 1 heterocycles. The number of hydrogen-bond acceptors (Lipinski definition) is 4. The minimum Gasteiger partial charge on any atom is -0.494 e. The summed E-state index contributed by atoms with van der Waals surface area (Å²) in [5, 5.41) is 0.885. The van der Waals surface area contributed by atoms with E-state index in [-0.39, 0.29) is 6.01 Å². The van der Waals surface area contributed by atoms with Crippen LogP contribution < -0.4 is 10.5 Å². The fourth-order valence-electron chi connectivity index (χ4n) is 1.36. The number of oxazole rings is 1. The number of anilines is 1. The normalized spacial score (nSPS) is 10.4. The first-order valence-electron chi connectivity index (χ1n) is 4.36. The number of aromatic nitrogens is 1. The van der Waals surface area contributed by atoms with Gasteiger partial charge >= 0.3 is 0 Å². The molecule has 2 aromatic rings. The van der Waals surface area contributed by atoms with E-state index in [1.54, 1.807) is 12.1 Å². The van der Waals surface area contributed by atoms with Crippen molar-refractivity contribution in [3.8, 4) is 17.1 Å². The standard InChI is InChI=1S/C10H8Cl2N2O2/c1-15-9-6(2-5(11)3-7(9)12)8-4-14-10(13)16-8/h2-4H,1H3,(H2,13,14). The van der Waals surface area contributed by atoms with Crippen LogP contribution in [0.3, 0.4) is 0 Å². The first kappa shape index (κ1) is 11.1. The van der Waals surface area contributed by atoms with E-state index in [2.05, 4.69) is 4.98 Å². The average Bonchev–Trinajstić information content (AvgIpc) is 2.63. The molecule has 0 atom stereocenters. The summed E-state index contributed by atoms with van der Waals surface area (Å²) in [6, 6.07) is 3.34. The van der Waals surface area contributed by atoms with Crippen LogP contribution in [0.5, 0.6) is 5.75 Å². The molecule has 0 spiro atoms. The van der Waals surface area contributed by atoms with Crippen LogP contribution >= 0.6 is 23.2 Å². The molecule has 0 unspecified atom stereocenters. The minimum absolute atomic E-state index is 0.0770. The summed E-state index contributed by atoms with van der Waals surface area (Å²) in [7, 11) is 1.51. The molecule has 0 fully saturated rings. The third-order valence-corrected chi connectivity index (χ3v) is 2.50. The van der Waals surface area contributed by atoms with Crippen molar-refractivity contribution in [2.24, 2.45) is 0 Å². The lowest BCUT2D eigenvalue weighted by atomic mass is 10.1. The monoisotopic (exact) mass is 258 g/mol. The second-order valence-corrected chi connectivity index (χ2v) is 3.87. The largest absolute Gasteiger partial charge is 0.494 e. The highest BCUT2D eigenvalue weighted by Gasteiger charge is 2.15. The Labute approximate surface area is 102 Å². The van der Waals surface area contributed by atoms with Gasteiger partial charge in [-0.25, -0.2) is 4.98 Å². The zero-order valence-electron chi connectivity index (χ0n) is 8.33. The highest BCUT2D eigenvalue weighted by molar-refractivity contribution is 6.36. The van der Waals surface area contributed by atoms with E-state index in [4.69, 9.17) is 38.1 Å². The maximum absolute atomic E-state index is 5.99. The van der Waals surface area contributed by atoms with Crippen molar-refractivity contribution >= 4 is 29.2 Å². The highest BCUT2D eigenvalue weighted by Crippen LogP contribution is 2.39. The molecule has 0 bridgehead atoms. The van der Waals surface area contributed by atoms with E-state index in [1.165, 1.54) is 13.3 Å². The van der Waals surface area contributed by atoms with Crippen LogP contribution in [0.2, 0.25) is 10.0 Å². The van der Waals surface area contributed by atoms with E-state index in [0.717, 1.165) is 0 Å². The Balaban J connectivity index is 2.63. The van der Waals surface area contributed by atoms with Crippen molar-refractivity contribution < 1.29 is 9.15 Å². The molecule has 16 heavy (non-hydrogen) atoms. The molecule has 1 aromatic carbocycles. The second-order valence-electron chi connectivity index (χ2n) is 3.03. The molecule has 0 saturated heterocycles. The zero-order chi connectivity index (χ0) is 11.7. The van der Waals surface area contributed by atoms with Gasteiger partial charge in [0.15, 0.2) is 5.76 Å². The summed E-state index contributed by atoms with van der Waals surface area (Å²) in [5.41, 5.74) is 6.01. The molecule has 6 heteroatoms. The number of nitrogen functional groups attached to an aromatic ring is 1. The van der Waals surface area contributed by atoms with Gasteiger partial charge in [0.05, 0.1) is 23.9 Å². The molecule has 1 aromatic heterocycles. The fraction of sp³-hybridized carbons (Fsp3) is 0.100. The van der Waals surface area contributed by atoms with Gasteiger partial charge in [-0.3, -0.25) is 0 Å². The van der Waals surface area contributed by atoms with Gasteiger partial charge in [0.2, 0.25) is 0 Å². The molecule has 0 saturated carbocycles. The summed E-state index contributed by atoms with van der Waals surface area (Å²) in [5.74, 6) is 0.931. The van der Waals surface area contributed by atoms with Crippen molar-refractivity contribution in [1.82, 2.24) is 4.98 Å². The fourth-order valence-corrected chi connectivity index (χ4v) is 1.93. The van der Waals surface area contributed by atoms with Gasteiger partial charge in [0.1, 0.15) is 5.75 Å². The predicted octanol–water partition coefficient (Wildman–Crippen LogP) is 3.24. The number of rotatable bonds is 2. The van der Waals surface area contributed by atoms with E-state index < -0.39 is 0 Å². The molecule has 0 amide bonds. The number of benzene rings is 1. The molecule has 84 valence electrons. The molecular formula is C10H8Cl2N2O2. The molecule has 0 radical (unpaired) electrons. The van der Waals surface area contributed by atoms with Gasteiger partial charge in [-0.05, 0) is 12.1 Å². The van der Waals surface area contributed by atoms with Gasteiger partial charge in [-0.1, -0.05) is 23.2 Å². The summed E-state index contributed by atoms with van der Waals surface area (Å²) >= 11 is 11.9. The predicted molar refractivity (Wildman–Crippen MR) is 62.9 cm³/mol. The van der Waals surface area contributed by atoms with E-state index in [1.807, 2.05) is 0 Å². The summed E-state index contributed by atoms with van der Waals surface area (Å²) < 4.78 is 10.4. The van der Waals surface area contributed by atoms with Gasteiger partial charge < -0.3 is 14.9 Å². The molecule has 4 nitrogen and oxygen atoms in total. The Bertz CT molecular complexity index is 526. The third-order valence-electron chi connectivity index (χ3n) is 2.00. The quantitative estimate of drug-likeness (QED) is 0.899. The molecular weight excluding hydrogens is 251 g/mol. The first-order valence-corrected chi connectivity index (χ1v) is 5.12. The van der Waals surface area contributed by atoms with Gasteiger partial charge in [0.25, 0.3) is 6.01 Å². The van der Waals surface area contributed by atoms with Crippen molar-refractivity contribution in [2.75, 3.05) is 12.8 Å². The van der Waals surface area contributed by atoms with Crippen molar-refractivity contribution in [3.05, 3.63) is 28.4 Å². The molecule has 2 rings (SSSR count). The molecule has 0 aliphatic carbocycles. The van der Waals surface area contributed by atoms with Crippen molar-refractivity contribution in [3.63, 3.8) is 0 Å². The first-order chi connectivity index (χ1) is 7.61. The Kier molecular flexibility index (Phi) is 2.94. The number of hydrogen-bond donors (Lipinski definition) is 1. The van der Waals surface area contributed by atoms with Crippen LogP contribution in [-0.2, 0) is 0 Å². The Morgan fingerprint density at radius 3 is 2.69 bits per heavy atom. The number of ether oxygens (including phenoxy) is 1. The smallest absolute Gasteiger partial charge is 0.292 e. The molecule has 0 aliphatic heterocycles. The molecule has 0 aliphatic rings. The SMILES string of the molecule is COc1c(Cl)cc(Cl)cc1-c1cnc(N)o1. The third kappa shape index (κ3) is 1.94. The van der Waals surface area contributed by atoms with Crippen molar-refractivity contribution in [1.29, 1.82) is 0 Å². The van der Waals surface area contributed by atoms with Crippen LogP contribution in [0, 0.1) is 0 Å². The van der Waals surface area contributed by atoms with Crippen LogP contribution in [0.1, 0.15) is 0 Å². The Hall–Kier alpha value is -1.39. The average molecular weight is 259 g/mol. The summed E-state index contributed by atoms with van der Waals surface area (Å²) in [6.45, 7) is 0. The highest BCUT2D eigenvalue weighted by atomic mass is 35.5. The topological polar surface area (TPSA) is 61.3 Å². The van der Waals surface area contributed by atoms with Crippen molar-refractivity contribution in [2.45, 2.75) is 0 Å². The lowest BCUT2D eigenvalue weighted by molar-refractivity contribution is 0.415. The number of halogens is 2. The Morgan fingerprint density at radius 2 is 2.12 bits per heavy atom. The zero-order valence-corrected chi connectivity index (χ0v) is 9.84. The Morgan fingerprint density at radius 1 is 1.38 bits per heavy atom. The summed E-state index contributed by atoms with van der Waals surface area (Å²) in [4.78, 5) is 3.80. The van der Waals surface area contributed by atoms with Crippen LogP contribution in [0.15, 0.2) is 22.7 Å². The van der Waals surface area contributed by atoms with Gasteiger partial charge in [0, 0.05) is 5.02 Å².